The van der Waals surface area contributed by atoms with Crippen molar-refractivity contribution in [2.45, 2.75) is 32.9 Å². The van der Waals surface area contributed by atoms with Crippen molar-refractivity contribution in [3.8, 4) is 0 Å². The monoisotopic (exact) mass is 372 g/mol. The molecule has 0 bridgehead atoms. The number of carbonyl (C=O) groups excluding carboxylic acids is 2. The van der Waals surface area contributed by atoms with Crippen LogP contribution >= 0.6 is 15.9 Å². The molecule has 0 spiro atoms. The Bertz CT molecular complexity index is 545. The molecule has 1 aliphatic heterocycles. The molecule has 0 aromatic carbocycles. The van der Waals surface area contributed by atoms with Crippen LogP contribution in [-0.2, 0) is 16.1 Å². The van der Waals surface area contributed by atoms with Crippen LogP contribution in [0.25, 0.3) is 0 Å². The molecule has 0 atom stereocenters. The summed E-state index contributed by atoms with van der Waals surface area (Å²) in [4.78, 5) is 31.6. The maximum atomic E-state index is 12.2. The van der Waals surface area contributed by atoms with E-state index in [4.69, 9.17) is 4.74 Å². The SMILES string of the molecule is CC(C)(C)OC(=O)N1CCN(C(=O)Cn2cnc(Br)c2)CC1. The van der Waals surface area contributed by atoms with Gasteiger partial charge < -0.3 is 19.1 Å². The quantitative estimate of drug-likeness (QED) is 0.792. The standard InChI is InChI=1S/C14H21BrN4O3/c1-14(2,3)22-13(21)19-6-4-18(5-7-19)12(20)9-17-8-11(15)16-10-17/h8,10H,4-7,9H2,1-3H3. The average Bonchev–Trinajstić information content (AvgIpc) is 2.82. The van der Waals surface area contributed by atoms with Gasteiger partial charge in [0.15, 0.2) is 0 Å². The second kappa shape index (κ2) is 6.68. The van der Waals surface area contributed by atoms with E-state index < -0.39 is 5.60 Å². The van der Waals surface area contributed by atoms with Crippen LogP contribution in [0.15, 0.2) is 17.1 Å². The number of amides is 2. The maximum absolute atomic E-state index is 12.2. The minimum absolute atomic E-state index is 0.0220. The summed E-state index contributed by atoms with van der Waals surface area (Å²) >= 11 is 3.25. The fourth-order valence-corrected chi connectivity index (χ4v) is 2.49. The summed E-state index contributed by atoms with van der Waals surface area (Å²) in [6.45, 7) is 7.81. The molecule has 0 aliphatic carbocycles. The number of aromatic nitrogens is 2. The van der Waals surface area contributed by atoms with Crippen molar-refractivity contribution >= 4 is 27.9 Å². The molecule has 1 aromatic rings. The molecule has 7 nitrogen and oxygen atoms in total. The van der Waals surface area contributed by atoms with E-state index in [0.717, 1.165) is 0 Å². The largest absolute Gasteiger partial charge is 0.444 e. The van der Waals surface area contributed by atoms with E-state index in [1.54, 1.807) is 26.9 Å². The molecule has 1 aromatic heterocycles. The molecule has 2 heterocycles. The Morgan fingerprint density at radius 3 is 2.32 bits per heavy atom. The molecule has 22 heavy (non-hydrogen) atoms. The number of rotatable bonds is 2. The number of nitrogens with zero attached hydrogens (tertiary/aromatic N) is 4. The molecule has 122 valence electrons. The first kappa shape index (κ1) is 16.8. The number of ether oxygens (including phenoxy) is 1. The summed E-state index contributed by atoms with van der Waals surface area (Å²) in [6.07, 6.45) is 3.05. The van der Waals surface area contributed by atoms with Crippen LogP contribution in [0.5, 0.6) is 0 Å². The second-order valence-corrected chi connectivity index (χ2v) is 7.03. The summed E-state index contributed by atoms with van der Waals surface area (Å²) in [5.74, 6) is 0.0220. The van der Waals surface area contributed by atoms with Gasteiger partial charge in [-0.1, -0.05) is 0 Å². The minimum atomic E-state index is -0.501. The van der Waals surface area contributed by atoms with Gasteiger partial charge >= 0.3 is 6.09 Å². The smallest absolute Gasteiger partial charge is 0.410 e. The van der Waals surface area contributed by atoms with Crippen molar-refractivity contribution < 1.29 is 14.3 Å². The maximum Gasteiger partial charge on any atom is 0.410 e. The molecule has 0 unspecified atom stereocenters. The fraction of sp³-hybridized carbons (Fsp3) is 0.643. The third kappa shape index (κ3) is 4.72. The number of imidazole rings is 1. The highest BCUT2D eigenvalue weighted by Gasteiger charge is 2.27. The van der Waals surface area contributed by atoms with Gasteiger partial charge in [-0.05, 0) is 36.7 Å². The molecule has 0 N–H and O–H groups in total. The Kier molecular flexibility index (Phi) is 5.10. The van der Waals surface area contributed by atoms with Crippen LogP contribution in [0.1, 0.15) is 20.8 Å². The highest BCUT2D eigenvalue weighted by molar-refractivity contribution is 9.10. The summed E-state index contributed by atoms with van der Waals surface area (Å²) in [5, 5.41) is 0. The summed E-state index contributed by atoms with van der Waals surface area (Å²) in [6, 6.07) is 0. The van der Waals surface area contributed by atoms with Gasteiger partial charge in [0.1, 0.15) is 16.7 Å². The van der Waals surface area contributed by atoms with Crippen molar-refractivity contribution in [2.75, 3.05) is 26.2 Å². The third-order valence-corrected chi connectivity index (χ3v) is 3.61. The van der Waals surface area contributed by atoms with Crippen LogP contribution in [0, 0.1) is 0 Å². The molecular weight excluding hydrogens is 352 g/mol. The van der Waals surface area contributed by atoms with Gasteiger partial charge in [-0.2, -0.15) is 0 Å². The molecule has 1 aliphatic rings. The van der Waals surface area contributed by atoms with Crippen LogP contribution in [0.2, 0.25) is 0 Å². The number of hydrogen-bond acceptors (Lipinski definition) is 4. The van der Waals surface area contributed by atoms with Gasteiger partial charge in [-0.3, -0.25) is 4.79 Å². The topological polar surface area (TPSA) is 67.7 Å². The zero-order chi connectivity index (χ0) is 16.3. The van der Waals surface area contributed by atoms with Crippen molar-refractivity contribution in [3.63, 3.8) is 0 Å². The van der Waals surface area contributed by atoms with Crippen LogP contribution in [0.4, 0.5) is 4.79 Å². The van der Waals surface area contributed by atoms with Crippen molar-refractivity contribution in [1.29, 1.82) is 0 Å². The minimum Gasteiger partial charge on any atom is -0.444 e. The average molecular weight is 373 g/mol. The second-order valence-electron chi connectivity index (χ2n) is 6.22. The van der Waals surface area contributed by atoms with Crippen molar-refractivity contribution in [3.05, 3.63) is 17.1 Å². The number of hydrogen-bond donors (Lipinski definition) is 0. The number of halogens is 1. The van der Waals surface area contributed by atoms with E-state index in [1.807, 2.05) is 20.8 Å². The Hall–Kier alpha value is -1.57. The first-order valence-corrected chi connectivity index (χ1v) is 7.97. The van der Waals surface area contributed by atoms with Gasteiger partial charge in [0.25, 0.3) is 0 Å². The number of piperazine rings is 1. The fourth-order valence-electron chi connectivity index (χ4n) is 2.14. The summed E-state index contributed by atoms with van der Waals surface area (Å²) in [5.41, 5.74) is -0.501. The lowest BCUT2D eigenvalue weighted by molar-refractivity contribution is -0.133. The normalized spacial score (nSPS) is 15.8. The van der Waals surface area contributed by atoms with Gasteiger partial charge in [-0.25, -0.2) is 9.78 Å². The lowest BCUT2D eigenvalue weighted by Crippen LogP contribution is -2.52. The molecule has 0 radical (unpaired) electrons. The zero-order valence-corrected chi connectivity index (χ0v) is 14.7. The van der Waals surface area contributed by atoms with Crippen molar-refractivity contribution in [1.82, 2.24) is 19.4 Å². The third-order valence-electron chi connectivity index (χ3n) is 3.20. The van der Waals surface area contributed by atoms with Crippen molar-refractivity contribution in [2.24, 2.45) is 0 Å². The van der Waals surface area contributed by atoms with E-state index >= 15 is 0 Å². The van der Waals surface area contributed by atoms with E-state index in [2.05, 4.69) is 20.9 Å². The summed E-state index contributed by atoms with van der Waals surface area (Å²) in [7, 11) is 0. The summed E-state index contributed by atoms with van der Waals surface area (Å²) < 4.78 is 7.77. The van der Waals surface area contributed by atoms with E-state index in [-0.39, 0.29) is 18.5 Å². The molecule has 0 saturated carbocycles. The Balaban J connectivity index is 1.81. The van der Waals surface area contributed by atoms with Gasteiger partial charge in [0.05, 0.1) is 6.33 Å². The molecule has 2 amide bonds. The van der Waals surface area contributed by atoms with E-state index in [1.165, 1.54) is 0 Å². The highest BCUT2D eigenvalue weighted by atomic mass is 79.9. The van der Waals surface area contributed by atoms with Crippen LogP contribution in [-0.4, -0.2) is 63.1 Å². The number of carbonyl (C=O) groups is 2. The molecule has 2 rings (SSSR count). The van der Waals surface area contributed by atoms with E-state index in [0.29, 0.717) is 30.8 Å². The van der Waals surface area contributed by atoms with Crippen LogP contribution in [0.3, 0.4) is 0 Å². The highest BCUT2D eigenvalue weighted by Crippen LogP contribution is 2.12. The van der Waals surface area contributed by atoms with Gasteiger partial charge in [0.2, 0.25) is 5.91 Å². The lowest BCUT2D eigenvalue weighted by Gasteiger charge is -2.35. The Labute approximate surface area is 138 Å². The van der Waals surface area contributed by atoms with Gasteiger partial charge in [-0.15, -0.1) is 0 Å². The molecule has 8 heteroatoms. The predicted octanol–water partition coefficient (Wildman–Crippen LogP) is 1.72. The molecule has 1 saturated heterocycles. The van der Waals surface area contributed by atoms with E-state index in [9.17, 15) is 9.59 Å². The Morgan fingerprint density at radius 1 is 1.23 bits per heavy atom. The zero-order valence-electron chi connectivity index (χ0n) is 13.1. The lowest BCUT2D eigenvalue weighted by atomic mass is 10.2. The first-order chi connectivity index (χ1) is 10.2. The molecule has 1 fully saturated rings. The Morgan fingerprint density at radius 2 is 1.82 bits per heavy atom. The first-order valence-electron chi connectivity index (χ1n) is 7.17. The predicted molar refractivity (Wildman–Crippen MR) is 84.3 cm³/mol. The van der Waals surface area contributed by atoms with Crippen LogP contribution < -0.4 is 0 Å². The van der Waals surface area contributed by atoms with Gasteiger partial charge in [0, 0.05) is 32.4 Å². The molecular formula is C14H21BrN4O3.